The van der Waals surface area contributed by atoms with Gasteiger partial charge in [0.05, 0.1) is 0 Å². The largest absolute Gasteiger partial charge is 0.463 e. The monoisotopic (exact) mass is 855 g/mol. The highest BCUT2D eigenvalue weighted by atomic mass is 16.6. The predicted octanol–water partition coefficient (Wildman–Crippen LogP) is 18.0. The molecular formula is C56H102O5. The van der Waals surface area contributed by atoms with E-state index in [1.165, 1.54) is 180 Å². The van der Waals surface area contributed by atoms with Crippen LogP contribution in [-0.4, -0.2) is 37.9 Å². The molecule has 0 N–H and O–H groups in total. The Bertz CT molecular complexity index is 1010. The molecule has 0 amide bonds. The molecule has 0 aliphatic rings. The average Bonchev–Trinajstić information content (AvgIpc) is 3.26. The van der Waals surface area contributed by atoms with Crippen molar-refractivity contribution in [2.24, 2.45) is 0 Å². The molecule has 0 unspecified atom stereocenters. The molecule has 0 rings (SSSR count). The smallest absolute Gasteiger partial charge is 0.305 e. The molecule has 5 nitrogen and oxygen atoms in total. The number of unbranched alkanes of at least 4 members (excludes halogenated alkanes) is 30. The molecule has 5 heteroatoms. The van der Waals surface area contributed by atoms with Crippen molar-refractivity contribution in [2.75, 3.05) is 19.8 Å². The summed E-state index contributed by atoms with van der Waals surface area (Å²) in [5.74, 6) is -0.386. The van der Waals surface area contributed by atoms with Crippen LogP contribution in [0.15, 0.2) is 48.6 Å². The molecule has 0 fully saturated rings. The van der Waals surface area contributed by atoms with Crippen LogP contribution in [-0.2, 0) is 23.8 Å². The van der Waals surface area contributed by atoms with Gasteiger partial charge in [-0.15, -0.1) is 0 Å². The Morgan fingerprint density at radius 3 is 1.03 bits per heavy atom. The molecule has 0 aromatic heterocycles. The van der Waals surface area contributed by atoms with Crippen LogP contribution in [0, 0.1) is 0 Å². The summed E-state index contributed by atoms with van der Waals surface area (Å²) in [4.78, 5) is 25.2. The van der Waals surface area contributed by atoms with Gasteiger partial charge in [-0.05, 0) is 57.8 Å². The van der Waals surface area contributed by atoms with Gasteiger partial charge in [0.15, 0.2) is 0 Å². The first kappa shape index (κ1) is 58.9. The predicted molar refractivity (Wildman–Crippen MR) is 265 cm³/mol. The van der Waals surface area contributed by atoms with Crippen LogP contribution >= 0.6 is 0 Å². The van der Waals surface area contributed by atoms with E-state index >= 15 is 0 Å². The highest BCUT2D eigenvalue weighted by molar-refractivity contribution is 5.69. The van der Waals surface area contributed by atoms with Crippen molar-refractivity contribution < 1.29 is 23.8 Å². The number of hydrogen-bond acceptors (Lipinski definition) is 5. The molecule has 1 atom stereocenters. The van der Waals surface area contributed by atoms with Crippen molar-refractivity contribution in [3.8, 4) is 0 Å². The number of rotatable bonds is 49. The van der Waals surface area contributed by atoms with Crippen LogP contribution in [0.5, 0.6) is 0 Å². The number of carbonyl (C=O) groups excluding carboxylic acids is 2. The molecule has 0 radical (unpaired) electrons. The maximum atomic E-state index is 12.6. The van der Waals surface area contributed by atoms with Crippen molar-refractivity contribution in [3.63, 3.8) is 0 Å². The summed E-state index contributed by atoms with van der Waals surface area (Å²) >= 11 is 0. The minimum atomic E-state index is -0.417. The maximum absolute atomic E-state index is 12.6. The third kappa shape index (κ3) is 50.4. The molecule has 0 aromatic rings. The lowest BCUT2D eigenvalue weighted by Gasteiger charge is -2.18. The molecule has 61 heavy (non-hydrogen) atoms. The summed E-state index contributed by atoms with van der Waals surface area (Å²) in [6.45, 7) is 7.68. The lowest BCUT2D eigenvalue weighted by molar-refractivity contribution is -0.155. The van der Waals surface area contributed by atoms with E-state index in [0.717, 1.165) is 57.8 Å². The lowest BCUT2D eigenvalue weighted by atomic mass is 10.0. The molecule has 0 saturated carbocycles. The topological polar surface area (TPSA) is 61.8 Å². The van der Waals surface area contributed by atoms with Gasteiger partial charge >= 0.3 is 11.9 Å². The van der Waals surface area contributed by atoms with E-state index in [1.54, 1.807) is 0 Å². The number of hydrogen-bond donors (Lipinski definition) is 0. The van der Waals surface area contributed by atoms with Crippen LogP contribution < -0.4 is 0 Å². The summed E-state index contributed by atoms with van der Waals surface area (Å²) < 4.78 is 17.4. The highest BCUT2D eigenvalue weighted by Crippen LogP contribution is 2.15. The van der Waals surface area contributed by atoms with Crippen molar-refractivity contribution >= 4 is 11.9 Å². The third-order valence-corrected chi connectivity index (χ3v) is 11.7. The van der Waals surface area contributed by atoms with E-state index < -0.39 is 6.10 Å². The van der Waals surface area contributed by atoms with E-state index in [0.29, 0.717) is 19.4 Å². The molecular weight excluding hydrogens is 753 g/mol. The van der Waals surface area contributed by atoms with Crippen LogP contribution in [0.3, 0.4) is 0 Å². The van der Waals surface area contributed by atoms with Gasteiger partial charge in [-0.2, -0.15) is 0 Å². The minimum Gasteiger partial charge on any atom is -0.463 e. The van der Waals surface area contributed by atoms with E-state index in [4.69, 9.17) is 14.2 Å². The Balaban J connectivity index is 4.31. The molecule has 0 aliphatic heterocycles. The summed E-state index contributed by atoms with van der Waals surface area (Å²) in [6.07, 6.45) is 64.3. The van der Waals surface area contributed by atoms with Gasteiger partial charge in [0, 0.05) is 19.4 Å². The van der Waals surface area contributed by atoms with E-state index in [9.17, 15) is 9.59 Å². The Morgan fingerprint density at radius 2 is 0.639 bits per heavy atom. The Kier molecular flexibility index (Phi) is 50.4. The fourth-order valence-electron chi connectivity index (χ4n) is 7.60. The van der Waals surface area contributed by atoms with E-state index in [2.05, 4.69) is 69.4 Å². The lowest BCUT2D eigenvalue weighted by Crippen LogP contribution is -2.29. The van der Waals surface area contributed by atoms with E-state index in [-0.39, 0.29) is 25.2 Å². The first-order chi connectivity index (χ1) is 30.1. The fraction of sp³-hybridized carbons (Fsp3) is 0.821. The summed E-state index contributed by atoms with van der Waals surface area (Å²) in [7, 11) is 0. The Hall–Kier alpha value is -2.14. The van der Waals surface area contributed by atoms with Gasteiger partial charge in [-0.25, -0.2) is 0 Å². The van der Waals surface area contributed by atoms with Gasteiger partial charge in [-0.3, -0.25) is 9.59 Å². The highest BCUT2D eigenvalue weighted by Gasteiger charge is 2.16. The normalized spacial score (nSPS) is 12.5. The SMILES string of the molecule is CCCCC/C=C\C/C=C\C/C=C\C/C=C\CCCC(=O)OC[C@H](COC(=O)CCCCCCCCCCCCCC)OCCCCCCCCCCCCCCCCCC. The second-order valence-corrected chi connectivity index (χ2v) is 17.8. The van der Waals surface area contributed by atoms with Crippen molar-refractivity contribution in [1.82, 2.24) is 0 Å². The molecule has 0 aliphatic carbocycles. The second kappa shape index (κ2) is 52.2. The first-order valence-corrected chi connectivity index (χ1v) is 26.7. The molecule has 0 bridgehead atoms. The molecule has 0 heterocycles. The Labute approximate surface area is 380 Å². The zero-order valence-electron chi connectivity index (χ0n) is 40.9. The third-order valence-electron chi connectivity index (χ3n) is 11.7. The summed E-state index contributed by atoms with van der Waals surface area (Å²) in [5, 5.41) is 0. The van der Waals surface area contributed by atoms with E-state index in [1.807, 2.05) is 0 Å². The number of allylic oxidation sites excluding steroid dienone is 8. The van der Waals surface area contributed by atoms with Gasteiger partial charge < -0.3 is 14.2 Å². The van der Waals surface area contributed by atoms with Crippen molar-refractivity contribution in [2.45, 2.75) is 277 Å². The average molecular weight is 855 g/mol. The summed E-state index contributed by atoms with van der Waals surface area (Å²) in [5.41, 5.74) is 0. The zero-order valence-corrected chi connectivity index (χ0v) is 40.9. The van der Waals surface area contributed by atoms with Crippen molar-refractivity contribution in [3.05, 3.63) is 48.6 Å². The van der Waals surface area contributed by atoms with Gasteiger partial charge in [0.1, 0.15) is 19.3 Å². The number of esters is 2. The minimum absolute atomic E-state index is 0.133. The first-order valence-electron chi connectivity index (χ1n) is 26.7. The standard InChI is InChI=1S/C56H102O5/c1-4-7-10-13-16-19-22-25-27-29-30-32-35-38-41-44-47-50-56(58)61-53-54(52-60-55(57)49-46-43-40-37-34-24-21-18-15-12-9-6-3)59-51-48-45-42-39-36-33-31-28-26-23-20-17-14-11-8-5-2/h16,19,25,27,30,32,38,41,54H,4-15,17-18,20-24,26,28-29,31,33-37,39-40,42-53H2,1-3H3/b19-16-,27-25-,32-30-,41-38-/t54-/m0/s1. The number of ether oxygens (including phenoxy) is 3. The van der Waals surface area contributed by atoms with Gasteiger partial charge in [0.2, 0.25) is 0 Å². The molecule has 0 saturated heterocycles. The van der Waals surface area contributed by atoms with Crippen LogP contribution in [0.2, 0.25) is 0 Å². The molecule has 0 spiro atoms. The molecule has 0 aromatic carbocycles. The molecule has 356 valence electrons. The van der Waals surface area contributed by atoms with Gasteiger partial charge in [0.25, 0.3) is 0 Å². The van der Waals surface area contributed by atoms with Crippen LogP contribution in [0.1, 0.15) is 271 Å². The van der Waals surface area contributed by atoms with Crippen LogP contribution in [0.25, 0.3) is 0 Å². The van der Waals surface area contributed by atoms with Gasteiger partial charge in [-0.1, -0.05) is 249 Å². The van der Waals surface area contributed by atoms with Crippen molar-refractivity contribution in [1.29, 1.82) is 0 Å². The summed E-state index contributed by atoms with van der Waals surface area (Å²) in [6, 6.07) is 0. The fourth-order valence-corrected chi connectivity index (χ4v) is 7.60. The second-order valence-electron chi connectivity index (χ2n) is 17.8. The maximum Gasteiger partial charge on any atom is 0.305 e. The zero-order chi connectivity index (χ0) is 44.2. The Morgan fingerprint density at radius 1 is 0.344 bits per heavy atom. The van der Waals surface area contributed by atoms with Crippen LogP contribution in [0.4, 0.5) is 0 Å². The number of carbonyl (C=O) groups is 2. The quantitative estimate of drug-likeness (QED) is 0.0347.